The van der Waals surface area contributed by atoms with Gasteiger partial charge in [-0.05, 0) is 33.2 Å². The molecule has 12 heavy (non-hydrogen) atoms. The highest BCUT2D eigenvalue weighted by Gasteiger charge is 2.36. The van der Waals surface area contributed by atoms with Gasteiger partial charge >= 0.3 is 0 Å². The number of piperidine rings is 1. The van der Waals surface area contributed by atoms with Crippen molar-refractivity contribution in [3.8, 4) is 0 Å². The summed E-state index contributed by atoms with van der Waals surface area (Å²) < 4.78 is 0. The Morgan fingerprint density at radius 1 is 1.33 bits per heavy atom. The van der Waals surface area contributed by atoms with E-state index in [0.717, 1.165) is 12.6 Å². The number of hydrogen-bond acceptors (Lipinski definition) is 2. The van der Waals surface area contributed by atoms with Crippen LogP contribution in [0.2, 0.25) is 0 Å². The second-order valence-corrected chi connectivity index (χ2v) is 4.79. The molecule has 0 aromatic rings. The van der Waals surface area contributed by atoms with Crippen LogP contribution in [0.3, 0.4) is 0 Å². The topological polar surface area (TPSA) is 15.3 Å². The van der Waals surface area contributed by atoms with Crippen molar-refractivity contribution in [3.05, 3.63) is 0 Å². The lowest BCUT2D eigenvalue weighted by atomic mass is 9.90. The molecular formula is C10H20N2. The van der Waals surface area contributed by atoms with Crippen LogP contribution in [0.5, 0.6) is 0 Å². The Bertz CT molecular complexity index is 163. The van der Waals surface area contributed by atoms with Gasteiger partial charge in [-0.25, -0.2) is 0 Å². The molecule has 0 bridgehead atoms. The lowest BCUT2D eigenvalue weighted by Gasteiger charge is -2.50. The van der Waals surface area contributed by atoms with E-state index in [1.54, 1.807) is 0 Å². The van der Waals surface area contributed by atoms with Crippen molar-refractivity contribution >= 4 is 0 Å². The third-order valence-electron chi connectivity index (χ3n) is 3.34. The van der Waals surface area contributed by atoms with Gasteiger partial charge in [0.2, 0.25) is 0 Å². The van der Waals surface area contributed by atoms with Gasteiger partial charge in [0, 0.05) is 24.7 Å². The molecule has 1 N–H and O–H groups in total. The van der Waals surface area contributed by atoms with Crippen LogP contribution in [0.15, 0.2) is 0 Å². The summed E-state index contributed by atoms with van der Waals surface area (Å²) in [7, 11) is 0. The largest absolute Gasteiger partial charge is 0.313 e. The van der Waals surface area contributed by atoms with Crippen LogP contribution in [-0.4, -0.2) is 36.1 Å². The molecule has 0 spiro atoms. The van der Waals surface area contributed by atoms with Gasteiger partial charge < -0.3 is 5.32 Å². The molecule has 2 aliphatic rings. The van der Waals surface area contributed by atoms with Gasteiger partial charge in [0.05, 0.1) is 0 Å². The van der Waals surface area contributed by atoms with E-state index in [1.165, 1.54) is 32.4 Å². The summed E-state index contributed by atoms with van der Waals surface area (Å²) in [5, 5.41) is 3.53. The van der Waals surface area contributed by atoms with Gasteiger partial charge in [0.15, 0.2) is 0 Å². The first kappa shape index (κ1) is 8.52. The first-order valence-electron chi connectivity index (χ1n) is 5.18. The van der Waals surface area contributed by atoms with Crippen molar-refractivity contribution in [3.63, 3.8) is 0 Å². The third-order valence-corrected chi connectivity index (χ3v) is 3.34. The van der Waals surface area contributed by atoms with Crippen LogP contribution < -0.4 is 5.32 Å². The lowest BCUT2D eigenvalue weighted by Crippen LogP contribution is -2.64. The highest BCUT2D eigenvalue weighted by molar-refractivity contribution is 4.95. The van der Waals surface area contributed by atoms with Crippen molar-refractivity contribution in [2.24, 2.45) is 0 Å². The van der Waals surface area contributed by atoms with Crippen molar-refractivity contribution < 1.29 is 0 Å². The highest BCUT2D eigenvalue weighted by Crippen LogP contribution is 2.27. The van der Waals surface area contributed by atoms with Gasteiger partial charge in [-0.2, -0.15) is 0 Å². The molecule has 2 aliphatic heterocycles. The Hall–Kier alpha value is -0.0800. The van der Waals surface area contributed by atoms with E-state index in [9.17, 15) is 0 Å². The quantitative estimate of drug-likeness (QED) is 0.585. The highest BCUT2D eigenvalue weighted by atomic mass is 15.3. The molecular weight excluding hydrogens is 148 g/mol. The van der Waals surface area contributed by atoms with E-state index in [4.69, 9.17) is 0 Å². The van der Waals surface area contributed by atoms with Crippen LogP contribution in [0.4, 0.5) is 0 Å². The van der Waals surface area contributed by atoms with Crippen molar-refractivity contribution in [1.29, 1.82) is 0 Å². The second-order valence-electron chi connectivity index (χ2n) is 4.79. The fourth-order valence-electron chi connectivity index (χ4n) is 2.66. The van der Waals surface area contributed by atoms with Crippen molar-refractivity contribution in [1.82, 2.24) is 10.2 Å². The van der Waals surface area contributed by atoms with Crippen LogP contribution in [-0.2, 0) is 0 Å². The minimum atomic E-state index is 0.392. The maximum atomic E-state index is 3.53. The fraction of sp³-hybridized carbons (Fsp3) is 1.00. The molecule has 0 radical (unpaired) electrons. The number of hydrogen-bond donors (Lipinski definition) is 1. The molecule has 2 nitrogen and oxygen atoms in total. The Kier molecular flexibility index (Phi) is 2.13. The Morgan fingerprint density at radius 3 is 2.92 bits per heavy atom. The summed E-state index contributed by atoms with van der Waals surface area (Å²) in [4.78, 5) is 2.70. The number of fused-ring (bicyclic) bond motifs is 1. The minimum Gasteiger partial charge on any atom is -0.313 e. The predicted molar refractivity (Wildman–Crippen MR) is 51.3 cm³/mol. The molecule has 2 fully saturated rings. The van der Waals surface area contributed by atoms with E-state index in [2.05, 4.69) is 24.1 Å². The van der Waals surface area contributed by atoms with E-state index in [0.29, 0.717) is 5.54 Å². The first-order chi connectivity index (χ1) is 5.70. The zero-order valence-corrected chi connectivity index (χ0v) is 8.27. The smallest absolute Gasteiger partial charge is 0.0281 e. The summed E-state index contributed by atoms with van der Waals surface area (Å²) >= 11 is 0. The Morgan fingerprint density at radius 2 is 2.17 bits per heavy atom. The zero-order valence-electron chi connectivity index (χ0n) is 8.27. The summed E-state index contributed by atoms with van der Waals surface area (Å²) in [6.45, 7) is 8.40. The Balaban J connectivity index is 2.09. The zero-order chi connectivity index (χ0) is 8.60. The van der Waals surface area contributed by atoms with Crippen LogP contribution in [0.25, 0.3) is 0 Å². The van der Waals surface area contributed by atoms with E-state index < -0.39 is 0 Å². The molecule has 0 aromatic carbocycles. The molecule has 2 saturated heterocycles. The van der Waals surface area contributed by atoms with Crippen molar-refractivity contribution in [2.75, 3.05) is 19.6 Å². The van der Waals surface area contributed by atoms with Crippen LogP contribution >= 0.6 is 0 Å². The summed E-state index contributed by atoms with van der Waals surface area (Å²) in [6, 6.07) is 0.822. The van der Waals surface area contributed by atoms with Gasteiger partial charge in [-0.15, -0.1) is 0 Å². The fourth-order valence-corrected chi connectivity index (χ4v) is 2.66. The average Bonchev–Trinajstić information content (AvgIpc) is 2.04. The van der Waals surface area contributed by atoms with Gasteiger partial charge in [-0.3, -0.25) is 4.90 Å². The molecule has 2 heterocycles. The first-order valence-corrected chi connectivity index (χ1v) is 5.18. The molecule has 2 heteroatoms. The lowest BCUT2D eigenvalue weighted by molar-refractivity contribution is 0.0128. The molecule has 70 valence electrons. The maximum absolute atomic E-state index is 3.53. The summed E-state index contributed by atoms with van der Waals surface area (Å²) in [5.74, 6) is 0. The number of rotatable bonds is 0. The van der Waals surface area contributed by atoms with E-state index in [-0.39, 0.29) is 0 Å². The average molecular weight is 168 g/mol. The Labute approximate surface area is 75.3 Å². The number of nitrogens with zero attached hydrogens (tertiary/aromatic N) is 1. The van der Waals surface area contributed by atoms with Crippen molar-refractivity contribution in [2.45, 2.75) is 44.7 Å². The van der Waals surface area contributed by atoms with Gasteiger partial charge in [-0.1, -0.05) is 6.42 Å². The van der Waals surface area contributed by atoms with Crippen LogP contribution in [0, 0.1) is 0 Å². The maximum Gasteiger partial charge on any atom is 0.0281 e. The number of nitrogens with one attached hydrogen (secondary N) is 1. The van der Waals surface area contributed by atoms with E-state index in [1.807, 2.05) is 0 Å². The molecule has 0 saturated carbocycles. The summed E-state index contributed by atoms with van der Waals surface area (Å²) in [5.41, 5.74) is 0.392. The predicted octanol–water partition coefficient (Wildman–Crippen LogP) is 1.22. The monoisotopic (exact) mass is 168 g/mol. The molecule has 2 rings (SSSR count). The molecule has 0 amide bonds. The normalized spacial score (nSPS) is 36.0. The standard InChI is InChI=1S/C10H20N2/c1-10(2)8-11-7-9-5-3-4-6-12(9)10/h9,11H,3-8H2,1-2H3. The molecule has 0 aliphatic carbocycles. The van der Waals surface area contributed by atoms with Gasteiger partial charge in [0.25, 0.3) is 0 Å². The molecule has 0 aromatic heterocycles. The summed E-state index contributed by atoms with van der Waals surface area (Å²) in [6.07, 6.45) is 4.23. The second kappa shape index (κ2) is 3.00. The number of piperazine rings is 1. The van der Waals surface area contributed by atoms with E-state index >= 15 is 0 Å². The minimum absolute atomic E-state index is 0.392. The van der Waals surface area contributed by atoms with Crippen LogP contribution in [0.1, 0.15) is 33.1 Å². The molecule has 1 unspecified atom stereocenters. The molecule has 1 atom stereocenters. The SMILES string of the molecule is CC1(C)CNCC2CCCCN21. The third kappa shape index (κ3) is 1.38. The van der Waals surface area contributed by atoms with Gasteiger partial charge in [0.1, 0.15) is 0 Å².